The van der Waals surface area contributed by atoms with Crippen LogP contribution in [-0.2, 0) is 4.74 Å². The van der Waals surface area contributed by atoms with Crippen LogP contribution in [0.1, 0.15) is 18.0 Å². The van der Waals surface area contributed by atoms with Crippen LogP contribution in [0.25, 0.3) is 0 Å². The van der Waals surface area contributed by atoms with Crippen molar-refractivity contribution in [3.8, 4) is 0 Å². The van der Waals surface area contributed by atoms with Crippen molar-refractivity contribution in [1.82, 2.24) is 26.4 Å². The Morgan fingerprint density at radius 2 is 2.04 bits per heavy atom. The summed E-state index contributed by atoms with van der Waals surface area (Å²) >= 11 is 0. The van der Waals surface area contributed by atoms with Gasteiger partial charge in [0.15, 0.2) is 0 Å². The van der Waals surface area contributed by atoms with Gasteiger partial charge in [-0.2, -0.15) is 0 Å². The zero-order valence-electron chi connectivity index (χ0n) is 14.3. The Labute approximate surface area is 147 Å². The number of nitrogens with zero attached hydrogens (tertiary/aromatic N) is 1. The largest absolute Gasteiger partial charge is 0.379 e. The highest BCUT2D eigenvalue weighted by Crippen LogP contribution is 2.21. The molecule has 1 aromatic carbocycles. The van der Waals surface area contributed by atoms with Crippen molar-refractivity contribution in [2.45, 2.75) is 18.5 Å². The van der Waals surface area contributed by atoms with Gasteiger partial charge in [-0.15, -0.1) is 0 Å². The summed E-state index contributed by atoms with van der Waals surface area (Å²) in [6.07, 6.45) is 0.992. The number of carbonyl (C=O) groups excluding carboxylic acids is 1. The number of amides is 2. The van der Waals surface area contributed by atoms with E-state index in [1.54, 1.807) is 12.1 Å². The van der Waals surface area contributed by atoms with Gasteiger partial charge in [-0.05, 0) is 24.1 Å². The molecule has 0 spiro atoms. The Morgan fingerprint density at radius 1 is 1.28 bits per heavy atom. The first-order chi connectivity index (χ1) is 12.2. The maximum Gasteiger partial charge on any atom is 0.314 e. The molecular weight excluding hydrogens is 325 g/mol. The number of hydrazine groups is 1. The molecule has 0 aromatic heterocycles. The van der Waals surface area contributed by atoms with Crippen LogP contribution in [-0.4, -0.2) is 62.9 Å². The minimum atomic E-state index is -0.257. The van der Waals surface area contributed by atoms with E-state index in [1.165, 1.54) is 12.1 Å². The third-order valence-electron chi connectivity index (χ3n) is 4.63. The van der Waals surface area contributed by atoms with Gasteiger partial charge >= 0.3 is 6.03 Å². The Bertz CT molecular complexity index is 544. The second-order valence-electron chi connectivity index (χ2n) is 6.36. The number of nitrogens with one attached hydrogen (secondary N) is 4. The molecule has 138 valence electrons. The van der Waals surface area contributed by atoms with Gasteiger partial charge in [0.2, 0.25) is 0 Å². The number of halogens is 1. The van der Waals surface area contributed by atoms with Crippen molar-refractivity contribution in [1.29, 1.82) is 0 Å². The molecule has 2 fully saturated rings. The third kappa shape index (κ3) is 5.37. The number of benzene rings is 1. The highest BCUT2D eigenvalue weighted by Gasteiger charge is 2.23. The standard InChI is InChI=1S/C17H26FN5O2/c18-14-3-1-13(2-4-14)16(23-7-9-25-10-8-23)12-20-17(24)19-11-15-5-6-21-22-15/h1-4,15-16,21-22H,5-12H2,(H2,19,20,24). The molecule has 0 saturated carbocycles. The number of hydrogen-bond donors (Lipinski definition) is 4. The monoisotopic (exact) mass is 351 g/mol. The smallest absolute Gasteiger partial charge is 0.314 e. The molecule has 2 saturated heterocycles. The van der Waals surface area contributed by atoms with E-state index in [1.807, 2.05) is 0 Å². The maximum atomic E-state index is 13.2. The Morgan fingerprint density at radius 3 is 2.72 bits per heavy atom. The topological polar surface area (TPSA) is 77.7 Å². The van der Waals surface area contributed by atoms with Gasteiger partial charge in [0.05, 0.1) is 19.3 Å². The van der Waals surface area contributed by atoms with E-state index in [0.717, 1.165) is 31.6 Å². The number of urea groups is 1. The summed E-state index contributed by atoms with van der Waals surface area (Å²) in [5, 5.41) is 5.83. The lowest BCUT2D eigenvalue weighted by molar-refractivity contribution is 0.0167. The van der Waals surface area contributed by atoms with E-state index in [-0.39, 0.29) is 23.9 Å². The SMILES string of the molecule is O=C(NCC1CCNN1)NCC(c1ccc(F)cc1)N1CCOCC1. The fourth-order valence-corrected chi connectivity index (χ4v) is 3.19. The molecule has 2 aliphatic rings. The number of ether oxygens (including phenoxy) is 1. The van der Waals surface area contributed by atoms with Crippen LogP contribution in [0.4, 0.5) is 9.18 Å². The summed E-state index contributed by atoms with van der Waals surface area (Å²) in [6.45, 7) is 4.89. The van der Waals surface area contributed by atoms with Crippen molar-refractivity contribution in [3.63, 3.8) is 0 Å². The van der Waals surface area contributed by atoms with Gasteiger partial charge in [-0.3, -0.25) is 15.8 Å². The normalized spacial score (nSPS) is 22.5. The van der Waals surface area contributed by atoms with E-state index in [2.05, 4.69) is 26.4 Å². The van der Waals surface area contributed by atoms with Crippen molar-refractivity contribution in [3.05, 3.63) is 35.6 Å². The van der Waals surface area contributed by atoms with E-state index >= 15 is 0 Å². The van der Waals surface area contributed by atoms with Crippen LogP contribution >= 0.6 is 0 Å². The van der Waals surface area contributed by atoms with E-state index in [4.69, 9.17) is 4.74 Å². The predicted molar refractivity (Wildman–Crippen MR) is 92.5 cm³/mol. The average molecular weight is 351 g/mol. The summed E-state index contributed by atoms with van der Waals surface area (Å²) in [7, 11) is 0. The summed E-state index contributed by atoms with van der Waals surface area (Å²) < 4.78 is 18.6. The van der Waals surface area contributed by atoms with Crippen LogP contribution in [0.5, 0.6) is 0 Å². The summed E-state index contributed by atoms with van der Waals surface area (Å²) in [5.74, 6) is -0.257. The molecule has 4 N–H and O–H groups in total. The molecule has 8 heteroatoms. The quantitative estimate of drug-likeness (QED) is 0.596. The molecule has 25 heavy (non-hydrogen) atoms. The Hall–Kier alpha value is -1.74. The summed E-state index contributed by atoms with van der Waals surface area (Å²) in [4.78, 5) is 14.4. The van der Waals surface area contributed by atoms with Crippen molar-refractivity contribution in [2.75, 3.05) is 45.9 Å². The molecule has 0 bridgehead atoms. The van der Waals surface area contributed by atoms with Gasteiger partial charge in [0, 0.05) is 38.8 Å². The highest BCUT2D eigenvalue weighted by molar-refractivity contribution is 5.73. The van der Waals surface area contributed by atoms with Gasteiger partial charge in [-0.1, -0.05) is 12.1 Å². The number of morpholine rings is 1. The van der Waals surface area contributed by atoms with E-state index in [0.29, 0.717) is 26.3 Å². The molecule has 7 nitrogen and oxygen atoms in total. The minimum Gasteiger partial charge on any atom is -0.379 e. The van der Waals surface area contributed by atoms with Gasteiger partial charge < -0.3 is 15.4 Å². The molecular formula is C17H26FN5O2. The summed E-state index contributed by atoms with van der Waals surface area (Å²) in [6, 6.07) is 6.56. The fourth-order valence-electron chi connectivity index (χ4n) is 3.19. The fraction of sp³-hybridized carbons (Fsp3) is 0.588. The second-order valence-corrected chi connectivity index (χ2v) is 6.36. The molecule has 3 rings (SSSR count). The summed E-state index contributed by atoms with van der Waals surface area (Å²) in [5.41, 5.74) is 7.14. The lowest BCUT2D eigenvalue weighted by Crippen LogP contribution is -2.47. The first kappa shape index (κ1) is 18.1. The number of rotatable bonds is 6. The van der Waals surface area contributed by atoms with E-state index < -0.39 is 0 Å². The van der Waals surface area contributed by atoms with Crippen molar-refractivity contribution < 1.29 is 13.9 Å². The van der Waals surface area contributed by atoms with Crippen LogP contribution in [0.3, 0.4) is 0 Å². The van der Waals surface area contributed by atoms with Gasteiger partial charge in [0.25, 0.3) is 0 Å². The number of carbonyl (C=O) groups is 1. The molecule has 2 atom stereocenters. The average Bonchev–Trinajstić information content (AvgIpc) is 3.16. The van der Waals surface area contributed by atoms with E-state index in [9.17, 15) is 9.18 Å². The molecule has 2 unspecified atom stereocenters. The van der Waals surface area contributed by atoms with Crippen LogP contribution in [0.15, 0.2) is 24.3 Å². The zero-order chi connectivity index (χ0) is 17.5. The minimum absolute atomic E-state index is 0.00141. The van der Waals surface area contributed by atoms with Crippen LogP contribution in [0, 0.1) is 5.82 Å². The molecule has 2 aliphatic heterocycles. The predicted octanol–water partition coefficient (Wildman–Crippen LogP) is 0.365. The lowest BCUT2D eigenvalue weighted by atomic mass is 10.0. The lowest BCUT2D eigenvalue weighted by Gasteiger charge is -2.35. The Kier molecular flexibility index (Phi) is 6.57. The van der Waals surface area contributed by atoms with Crippen molar-refractivity contribution >= 4 is 6.03 Å². The highest BCUT2D eigenvalue weighted by atomic mass is 19.1. The third-order valence-corrected chi connectivity index (χ3v) is 4.63. The van der Waals surface area contributed by atoms with Gasteiger partial charge in [-0.25, -0.2) is 9.18 Å². The second kappa shape index (κ2) is 9.10. The molecule has 1 aromatic rings. The molecule has 2 heterocycles. The van der Waals surface area contributed by atoms with Crippen LogP contribution in [0.2, 0.25) is 0 Å². The Balaban J connectivity index is 1.55. The van der Waals surface area contributed by atoms with Crippen LogP contribution < -0.4 is 21.5 Å². The van der Waals surface area contributed by atoms with Crippen molar-refractivity contribution in [2.24, 2.45) is 0 Å². The first-order valence-electron chi connectivity index (χ1n) is 8.80. The number of hydrogen-bond acceptors (Lipinski definition) is 5. The zero-order valence-corrected chi connectivity index (χ0v) is 14.3. The maximum absolute atomic E-state index is 13.2. The molecule has 0 radical (unpaired) electrons. The first-order valence-corrected chi connectivity index (χ1v) is 8.80. The van der Waals surface area contributed by atoms with Gasteiger partial charge in [0.1, 0.15) is 5.82 Å². The molecule has 2 amide bonds. The molecule has 0 aliphatic carbocycles.